The molecule has 2 atom stereocenters. The van der Waals surface area contributed by atoms with Crippen molar-refractivity contribution in [3.8, 4) is 0 Å². The third kappa shape index (κ3) is 5.42. The van der Waals surface area contributed by atoms with E-state index in [4.69, 9.17) is 0 Å². The van der Waals surface area contributed by atoms with Gasteiger partial charge in [-0.15, -0.1) is 0 Å². The molecule has 6 nitrogen and oxygen atoms in total. The first kappa shape index (κ1) is 25.3. The number of alkyl halides is 3. The van der Waals surface area contributed by atoms with Crippen molar-refractivity contribution in [1.82, 2.24) is 20.2 Å². The van der Waals surface area contributed by atoms with Crippen LogP contribution in [0, 0.1) is 5.82 Å². The summed E-state index contributed by atoms with van der Waals surface area (Å²) < 4.78 is 53.9. The predicted octanol–water partition coefficient (Wildman–Crippen LogP) is 4.11. The Labute approximate surface area is 202 Å². The molecule has 0 bridgehead atoms. The number of anilines is 1. The van der Waals surface area contributed by atoms with Crippen molar-refractivity contribution in [3.05, 3.63) is 52.7 Å². The number of aryl methyl sites for hydroxylation is 1. The number of hydrogen-bond donors (Lipinski definition) is 1. The van der Waals surface area contributed by atoms with Gasteiger partial charge in [0.25, 0.3) is 0 Å². The first-order chi connectivity index (χ1) is 16.6. The Kier molecular flexibility index (Phi) is 7.30. The van der Waals surface area contributed by atoms with E-state index in [0.29, 0.717) is 38.2 Å². The summed E-state index contributed by atoms with van der Waals surface area (Å²) >= 11 is 0. The molecule has 1 fully saturated rings. The minimum absolute atomic E-state index is 0.0268. The minimum atomic E-state index is -4.65. The molecular weight excluding hydrogens is 462 g/mol. The molecule has 35 heavy (non-hydrogen) atoms. The molecule has 2 aliphatic rings. The number of halogens is 4. The molecule has 190 valence electrons. The van der Waals surface area contributed by atoms with Gasteiger partial charge in [-0.2, -0.15) is 13.2 Å². The van der Waals surface area contributed by atoms with Crippen molar-refractivity contribution in [2.24, 2.45) is 0 Å². The van der Waals surface area contributed by atoms with Gasteiger partial charge in [0.2, 0.25) is 5.91 Å². The van der Waals surface area contributed by atoms with Gasteiger partial charge in [-0.05, 0) is 30.9 Å². The lowest BCUT2D eigenvalue weighted by molar-refractivity contribution is -0.137. The third-order valence-electron chi connectivity index (χ3n) is 6.87. The van der Waals surface area contributed by atoms with Crippen LogP contribution in [0.2, 0.25) is 0 Å². The Hall–Kier alpha value is -2.75. The van der Waals surface area contributed by atoms with Crippen LogP contribution in [0.5, 0.6) is 0 Å². The zero-order valence-corrected chi connectivity index (χ0v) is 20.2. The van der Waals surface area contributed by atoms with Crippen molar-refractivity contribution in [3.63, 3.8) is 0 Å². The minimum Gasteiger partial charge on any atom is -0.353 e. The molecule has 4 rings (SSSR count). The largest absolute Gasteiger partial charge is 0.416 e. The number of carbonyl (C=O) groups excluding carboxylic acids is 1. The highest BCUT2D eigenvalue weighted by atomic mass is 19.4. The molecule has 10 heteroatoms. The number of nitrogens with zero attached hydrogens (tertiary/aromatic N) is 4. The topological polar surface area (TPSA) is 61.4 Å². The smallest absolute Gasteiger partial charge is 0.353 e. The van der Waals surface area contributed by atoms with E-state index in [9.17, 15) is 22.4 Å². The molecule has 1 aliphatic heterocycles. The number of amides is 1. The van der Waals surface area contributed by atoms with E-state index in [1.165, 1.54) is 5.56 Å². The average molecular weight is 494 g/mol. The summed E-state index contributed by atoms with van der Waals surface area (Å²) in [7, 11) is 0. The summed E-state index contributed by atoms with van der Waals surface area (Å²) in [4.78, 5) is 26.3. The van der Waals surface area contributed by atoms with Crippen LogP contribution in [-0.2, 0) is 17.4 Å². The molecule has 0 spiro atoms. The summed E-state index contributed by atoms with van der Waals surface area (Å²) in [5.41, 5.74) is 1.17. The fraction of sp³-hybridized carbons (Fsp3) is 0.560. The van der Waals surface area contributed by atoms with Gasteiger partial charge in [0, 0.05) is 55.6 Å². The fourth-order valence-electron chi connectivity index (χ4n) is 4.90. The number of carbonyl (C=O) groups is 1. The molecule has 0 radical (unpaired) electrons. The fourth-order valence-corrected chi connectivity index (χ4v) is 4.90. The molecule has 0 saturated carbocycles. The molecule has 1 aliphatic carbocycles. The van der Waals surface area contributed by atoms with Crippen LogP contribution in [0.3, 0.4) is 0 Å². The summed E-state index contributed by atoms with van der Waals surface area (Å²) in [6, 6.07) is 2.43. The Bertz CT molecular complexity index is 1070. The van der Waals surface area contributed by atoms with Gasteiger partial charge in [-0.1, -0.05) is 26.8 Å². The summed E-state index contributed by atoms with van der Waals surface area (Å²) in [5.74, 6) is -0.936. The van der Waals surface area contributed by atoms with Crippen molar-refractivity contribution in [2.75, 3.05) is 37.6 Å². The highest BCUT2D eigenvalue weighted by Crippen LogP contribution is 2.37. The predicted molar refractivity (Wildman–Crippen MR) is 125 cm³/mol. The first-order valence-corrected chi connectivity index (χ1v) is 12.0. The molecule has 2 aromatic rings. The molecule has 1 saturated heterocycles. The second-order valence-corrected chi connectivity index (χ2v) is 9.66. The first-order valence-electron chi connectivity index (χ1n) is 12.0. The van der Waals surface area contributed by atoms with Gasteiger partial charge < -0.3 is 15.1 Å². The van der Waals surface area contributed by atoms with Crippen molar-refractivity contribution in [2.45, 2.75) is 57.7 Å². The summed E-state index contributed by atoms with van der Waals surface area (Å²) in [6.45, 7) is 8.08. The lowest BCUT2D eigenvalue weighted by Crippen LogP contribution is -2.51. The van der Waals surface area contributed by atoms with Crippen LogP contribution in [0.4, 0.5) is 23.4 Å². The zero-order valence-electron chi connectivity index (χ0n) is 20.2. The van der Waals surface area contributed by atoms with Crippen LogP contribution in [0.15, 0.2) is 24.5 Å². The van der Waals surface area contributed by atoms with Gasteiger partial charge in [-0.25, -0.2) is 14.4 Å². The monoisotopic (exact) mass is 493 g/mol. The van der Waals surface area contributed by atoms with Gasteiger partial charge in [0.1, 0.15) is 18.0 Å². The number of rotatable bonds is 6. The van der Waals surface area contributed by atoms with Gasteiger partial charge in [-0.3, -0.25) is 4.79 Å². The summed E-state index contributed by atoms with van der Waals surface area (Å²) in [5, 5.41) is 3.14. The number of fused-ring (bicyclic) bond motifs is 1. The molecule has 1 aromatic carbocycles. The molecule has 1 amide bonds. The van der Waals surface area contributed by atoms with E-state index in [0.717, 1.165) is 36.5 Å². The van der Waals surface area contributed by atoms with Crippen LogP contribution in [0.25, 0.3) is 0 Å². The maximum Gasteiger partial charge on any atom is 0.416 e. The molecule has 2 heterocycles. The van der Waals surface area contributed by atoms with Crippen molar-refractivity contribution in [1.29, 1.82) is 0 Å². The van der Waals surface area contributed by atoms with Crippen LogP contribution >= 0.6 is 0 Å². The molecule has 0 unspecified atom stereocenters. The zero-order chi connectivity index (χ0) is 25.3. The number of aromatic nitrogens is 2. The lowest BCUT2D eigenvalue weighted by Gasteiger charge is -2.38. The molecule has 1 N–H and O–H groups in total. The Morgan fingerprint density at radius 2 is 1.89 bits per heavy atom. The SMILES string of the molecule is CC(C)NC[C@@H](C(=O)N1CCN(c2ncnc3c2[C@H](C)CC3)CC1)c1ccc(C(F)(F)F)cc1F. The number of hydrogen-bond acceptors (Lipinski definition) is 5. The van der Waals surface area contributed by atoms with Crippen LogP contribution in [0.1, 0.15) is 61.4 Å². The second-order valence-electron chi connectivity index (χ2n) is 9.66. The maximum atomic E-state index is 14.8. The summed E-state index contributed by atoms with van der Waals surface area (Å²) in [6.07, 6.45) is -1.08. The van der Waals surface area contributed by atoms with E-state index >= 15 is 0 Å². The number of benzene rings is 1. The maximum absolute atomic E-state index is 14.8. The number of piperazine rings is 1. The van der Waals surface area contributed by atoms with Gasteiger partial charge in [0.15, 0.2) is 0 Å². The number of nitrogens with one attached hydrogen (secondary N) is 1. The highest BCUT2D eigenvalue weighted by Gasteiger charge is 2.35. The quantitative estimate of drug-likeness (QED) is 0.614. The van der Waals surface area contributed by atoms with E-state index in [2.05, 4.69) is 27.1 Å². The lowest BCUT2D eigenvalue weighted by atomic mass is 9.94. The van der Waals surface area contributed by atoms with E-state index in [1.807, 2.05) is 13.8 Å². The highest BCUT2D eigenvalue weighted by molar-refractivity contribution is 5.84. The Balaban J connectivity index is 1.51. The van der Waals surface area contributed by atoms with E-state index < -0.39 is 23.5 Å². The third-order valence-corrected chi connectivity index (χ3v) is 6.87. The normalized spacial score (nSPS) is 19.3. The van der Waals surface area contributed by atoms with Crippen molar-refractivity contribution >= 4 is 11.7 Å². The van der Waals surface area contributed by atoms with E-state index in [-0.39, 0.29) is 24.1 Å². The van der Waals surface area contributed by atoms with Crippen LogP contribution < -0.4 is 10.2 Å². The van der Waals surface area contributed by atoms with Crippen molar-refractivity contribution < 1.29 is 22.4 Å². The Morgan fingerprint density at radius 3 is 2.51 bits per heavy atom. The average Bonchev–Trinajstić information content (AvgIpc) is 3.20. The van der Waals surface area contributed by atoms with E-state index in [1.54, 1.807) is 11.2 Å². The van der Waals surface area contributed by atoms with Gasteiger partial charge >= 0.3 is 6.18 Å². The van der Waals surface area contributed by atoms with Crippen LogP contribution in [-0.4, -0.2) is 59.5 Å². The molecule has 1 aromatic heterocycles. The Morgan fingerprint density at radius 1 is 1.17 bits per heavy atom. The molecular formula is C25H31F4N5O. The van der Waals surface area contributed by atoms with Gasteiger partial charge in [0.05, 0.1) is 11.5 Å². The standard InChI is InChI=1S/C25H31F4N5O/c1-15(2)30-13-19(18-6-5-17(12-20(18)26)25(27,28)29)24(35)34-10-8-33(9-11-34)23-22-16(3)4-7-21(22)31-14-32-23/h5-6,12,14-16,19,30H,4,7-11,13H2,1-3H3/t16-,19-/m1/s1. The second kappa shape index (κ2) is 10.1.